The number of hydrogen-bond donors (Lipinski definition) is 1. The summed E-state index contributed by atoms with van der Waals surface area (Å²) in [6.07, 6.45) is 8.76. The SMILES string of the molecule is CCCCCCC[CH2][Na].O=S(=O)(O)c1ccccc1. The summed E-state index contributed by atoms with van der Waals surface area (Å²) >= 11 is 1.41. The van der Waals surface area contributed by atoms with Crippen molar-refractivity contribution in [1.29, 1.82) is 0 Å². The van der Waals surface area contributed by atoms with Gasteiger partial charge < -0.3 is 0 Å². The van der Waals surface area contributed by atoms with Crippen molar-refractivity contribution in [3.05, 3.63) is 30.3 Å². The first-order valence-electron chi connectivity index (χ1n) is 7.04. The molecule has 0 unspecified atom stereocenters. The van der Waals surface area contributed by atoms with E-state index in [4.69, 9.17) is 4.55 Å². The quantitative estimate of drug-likeness (QED) is 0.472. The molecule has 0 atom stereocenters. The molecule has 1 rings (SSSR count). The van der Waals surface area contributed by atoms with Crippen molar-refractivity contribution in [2.24, 2.45) is 0 Å². The second-order valence-corrected chi connectivity index (χ2v) is 6.98. The van der Waals surface area contributed by atoms with Crippen molar-refractivity contribution in [2.75, 3.05) is 0 Å². The van der Waals surface area contributed by atoms with Gasteiger partial charge in [0.15, 0.2) is 0 Å². The van der Waals surface area contributed by atoms with Crippen LogP contribution in [0.5, 0.6) is 0 Å². The number of unbranched alkanes of at least 4 members (excludes halogenated alkanes) is 5. The summed E-state index contributed by atoms with van der Waals surface area (Å²) in [4.78, 5) is -0.0741. The topological polar surface area (TPSA) is 54.4 Å². The molecule has 0 heterocycles. The molecule has 0 radical (unpaired) electrons. The summed E-state index contributed by atoms with van der Waals surface area (Å²) in [7, 11) is -4.00. The van der Waals surface area contributed by atoms with E-state index in [1.165, 1.54) is 82.3 Å². The molecule has 5 heteroatoms. The van der Waals surface area contributed by atoms with E-state index in [0.717, 1.165) is 0 Å². The van der Waals surface area contributed by atoms with Gasteiger partial charge in [0.1, 0.15) is 0 Å². The molecule has 19 heavy (non-hydrogen) atoms. The Hall–Kier alpha value is 0.130. The molecular weight excluding hydrogens is 271 g/mol. The molecule has 0 saturated heterocycles. The summed E-state index contributed by atoms with van der Waals surface area (Å²) in [6, 6.07) is 7.42. The molecule has 0 aliphatic heterocycles. The minimum absolute atomic E-state index is 0.0741. The molecule has 0 amide bonds. The van der Waals surface area contributed by atoms with Crippen LogP contribution in [0.4, 0.5) is 0 Å². The van der Waals surface area contributed by atoms with Crippen LogP contribution in [0.15, 0.2) is 35.2 Å². The van der Waals surface area contributed by atoms with Gasteiger partial charge >= 0.3 is 77.0 Å². The van der Waals surface area contributed by atoms with Gasteiger partial charge in [0, 0.05) is 0 Å². The predicted molar refractivity (Wildman–Crippen MR) is 80.2 cm³/mol. The first kappa shape index (κ1) is 19.1. The zero-order valence-corrected chi connectivity index (χ0v) is 14.8. The fourth-order valence-electron chi connectivity index (χ4n) is 1.62. The van der Waals surface area contributed by atoms with Crippen LogP contribution in [-0.2, 0) is 10.1 Å². The van der Waals surface area contributed by atoms with Gasteiger partial charge in [-0.15, -0.1) is 0 Å². The van der Waals surface area contributed by atoms with E-state index in [2.05, 4.69) is 6.92 Å². The predicted octanol–water partition coefficient (Wildman–Crippen LogP) is 3.87. The van der Waals surface area contributed by atoms with Crippen LogP contribution in [0.2, 0.25) is 3.67 Å². The van der Waals surface area contributed by atoms with Crippen molar-refractivity contribution in [3.8, 4) is 0 Å². The fraction of sp³-hybridized carbons (Fsp3) is 0.571. The van der Waals surface area contributed by atoms with E-state index >= 15 is 0 Å². The summed E-state index contributed by atoms with van der Waals surface area (Å²) < 4.78 is 30.7. The van der Waals surface area contributed by atoms with Crippen LogP contribution >= 0.6 is 0 Å². The monoisotopic (exact) mass is 294 g/mol. The Bertz CT molecular complexity index is 398. The number of benzene rings is 1. The van der Waals surface area contributed by atoms with Crippen LogP contribution in [-0.4, -0.2) is 40.9 Å². The van der Waals surface area contributed by atoms with Crippen LogP contribution < -0.4 is 0 Å². The van der Waals surface area contributed by atoms with Crippen molar-refractivity contribution >= 4 is 38.0 Å². The van der Waals surface area contributed by atoms with Crippen molar-refractivity contribution < 1.29 is 13.0 Å². The molecule has 0 aromatic heterocycles. The average Bonchev–Trinajstić information content (AvgIpc) is 2.40. The molecule has 0 aliphatic carbocycles. The Morgan fingerprint density at radius 1 is 1.00 bits per heavy atom. The van der Waals surface area contributed by atoms with Gasteiger partial charge in [0.05, 0.1) is 4.90 Å². The van der Waals surface area contributed by atoms with Crippen molar-refractivity contribution in [3.63, 3.8) is 0 Å². The van der Waals surface area contributed by atoms with E-state index < -0.39 is 10.1 Å². The van der Waals surface area contributed by atoms with E-state index in [-0.39, 0.29) is 4.90 Å². The molecule has 104 valence electrons. The zero-order chi connectivity index (χ0) is 14.6. The molecule has 0 bridgehead atoms. The Labute approximate surface area is 135 Å². The molecule has 1 aromatic rings. The van der Waals surface area contributed by atoms with Gasteiger partial charge in [0.2, 0.25) is 0 Å². The third-order valence-electron chi connectivity index (χ3n) is 2.75. The number of rotatable bonds is 7. The molecule has 1 aromatic carbocycles. The summed E-state index contributed by atoms with van der Waals surface area (Å²) in [6.45, 7) is 2.27. The van der Waals surface area contributed by atoms with Crippen LogP contribution in [0.1, 0.15) is 45.4 Å². The van der Waals surface area contributed by atoms with E-state index in [0.29, 0.717) is 0 Å². The second kappa shape index (κ2) is 11.9. The van der Waals surface area contributed by atoms with Crippen LogP contribution in [0.25, 0.3) is 0 Å². The molecule has 1 N–H and O–H groups in total. The van der Waals surface area contributed by atoms with Gasteiger partial charge in [-0.25, -0.2) is 0 Å². The van der Waals surface area contributed by atoms with Crippen molar-refractivity contribution in [1.82, 2.24) is 0 Å². The summed E-state index contributed by atoms with van der Waals surface area (Å²) in [5, 5.41) is 0. The Morgan fingerprint density at radius 2 is 1.53 bits per heavy atom. The minimum Gasteiger partial charge on any atom is -0.282 e. The normalized spacial score (nSPS) is 10.7. The van der Waals surface area contributed by atoms with Gasteiger partial charge in [-0.2, -0.15) is 8.42 Å². The second-order valence-electron chi connectivity index (χ2n) is 4.56. The third-order valence-corrected chi connectivity index (χ3v) is 4.32. The first-order chi connectivity index (χ1) is 9.02. The molecule has 0 saturated carbocycles. The molecule has 0 aliphatic rings. The molecular formula is C14H23NaO3S. The minimum atomic E-state index is -4.00. The molecule has 0 spiro atoms. The average molecular weight is 294 g/mol. The van der Waals surface area contributed by atoms with Crippen LogP contribution in [0.3, 0.4) is 0 Å². The zero-order valence-electron chi connectivity index (χ0n) is 12.0. The first-order valence-corrected chi connectivity index (χ1v) is 9.90. The summed E-state index contributed by atoms with van der Waals surface area (Å²) in [5.74, 6) is 0. The molecule has 3 nitrogen and oxygen atoms in total. The van der Waals surface area contributed by atoms with E-state index in [1.807, 2.05) is 0 Å². The largest absolute Gasteiger partial charge is 0.294 e. The van der Waals surface area contributed by atoms with Gasteiger partial charge in [-0.1, -0.05) is 18.2 Å². The van der Waals surface area contributed by atoms with E-state index in [9.17, 15) is 8.42 Å². The maximum absolute atomic E-state index is 10.4. The maximum Gasteiger partial charge on any atom is 0.294 e. The standard InChI is InChI=1S/C8H17.C6H6O3S.Na/c1-3-5-7-8-6-4-2;7-10(8,9)6-4-2-1-3-5-6;/h1,3-8H2,2H3;1-5H,(H,7,8,9);. The third kappa shape index (κ3) is 11.6. The van der Waals surface area contributed by atoms with Gasteiger partial charge in [-0.3, -0.25) is 4.55 Å². The van der Waals surface area contributed by atoms with Gasteiger partial charge in [-0.05, 0) is 12.1 Å². The number of hydrogen-bond acceptors (Lipinski definition) is 2. The van der Waals surface area contributed by atoms with Crippen molar-refractivity contribution in [2.45, 2.75) is 54.0 Å². The smallest absolute Gasteiger partial charge is 0.282 e. The fourth-order valence-corrected chi connectivity index (χ4v) is 2.62. The van der Waals surface area contributed by atoms with Crippen LogP contribution in [0, 0.1) is 0 Å². The Kier molecular flexibility index (Phi) is 12.0. The van der Waals surface area contributed by atoms with E-state index in [1.54, 1.807) is 18.2 Å². The Morgan fingerprint density at radius 3 is 1.95 bits per heavy atom. The van der Waals surface area contributed by atoms with Gasteiger partial charge in [0.25, 0.3) is 10.1 Å². The Balaban J connectivity index is 0.000000344. The maximum atomic E-state index is 10.4. The molecule has 0 fully saturated rings. The summed E-state index contributed by atoms with van der Waals surface area (Å²) in [5.41, 5.74) is 0.